The summed E-state index contributed by atoms with van der Waals surface area (Å²) < 4.78 is 7.46. The van der Waals surface area contributed by atoms with Gasteiger partial charge >= 0.3 is 0 Å². The van der Waals surface area contributed by atoms with Crippen molar-refractivity contribution in [2.24, 2.45) is 0 Å². The molecular weight excluding hydrogens is 294 g/mol. The first-order valence-corrected chi connectivity index (χ1v) is 8.03. The average molecular weight is 311 g/mol. The van der Waals surface area contributed by atoms with Gasteiger partial charge in [-0.25, -0.2) is 0 Å². The number of nitrogens with zero attached hydrogens (tertiary/aromatic N) is 3. The van der Waals surface area contributed by atoms with Crippen LogP contribution < -0.4 is 0 Å². The Morgan fingerprint density at radius 1 is 1.23 bits per heavy atom. The molecule has 0 aliphatic rings. The molecule has 0 atom stereocenters. The number of benzene rings is 1. The average Bonchev–Trinajstić information content (AvgIpc) is 3.16. The van der Waals surface area contributed by atoms with Crippen molar-refractivity contribution in [3.63, 3.8) is 0 Å². The Morgan fingerprint density at radius 3 is 2.82 bits per heavy atom. The van der Waals surface area contributed by atoms with E-state index in [0.29, 0.717) is 6.54 Å². The number of hydrogen-bond donors (Lipinski definition) is 0. The SMILES string of the molecule is C=CCn1c(SCc2ccccc2C)nnc1-c1ccco1. The van der Waals surface area contributed by atoms with Gasteiger partial charge in [-0.15, -0.1) is 16.8 Å². The molecule has 112 valence electrons. The molecule has 0 amide bonds. The van der Waals surface area contributed by atoms with Crippen molar-refractivity contribution in [3.05, 3.63) is 66.4 Å². The van der Waals surface area contributed by atoms with Crippen LogP contribution in [0.15, 0.2) is 64.9 Å². The van der Waals surface area contributed by atoms with Crippen LogP contribution in [0.3, 0.4) is 0 Å². The van der Waals surface area contributed by atoms with Gasteiger partial charge in [0.25, 0.3) is 0 Å². The van der Waals surface area contributed by atoms with E-state index in [9.17, 15) is 0 Å². The van der Waals surface area contributed by atoms with E-state index in [1.807, 2.05) is 22.8 Å². The molecule has 22 heavy (non-hydrogen) atoms. The van der Waals surface area contributed by atoms with E-state index < -0.39 is 0 Å². The molecule has 0 saturated heterocycles. The van der Waals surface area contributed by atoms with Gasteiger partial charge in [-0.1, -0.05) is 42.1 Å². The number of furan rings is 1. The van der Waals surface area contributed by atoms with Gasteiger partial charge in [-0.05, 0) is 30.2 Å². The topological polar surface area (TPSA) is 43.9 Å². The van der Waals surface area contributed by atoms with E-state index in [1.165, 1.54) is 11.1 Å². The fourth-order valence-corrected chi connectivity index (χ4v) is 3.22. The second-order valence-corrected chi connectivity index (χ2v) is 5.84. The number of thioether (sulfide) groups is 1. The molecule has 5 heteroatoms. The van der Waals surface area contributed by atoms with Crippen molar-refractivity contribution in [1.82, 2.24) is 14.8 Å². The van der Waals surface area contributed by atoms with E-state index in [2.05, 4.69) is 48.0 Å². The lowest BCUT2D eigenvalue weighted by molar-refractivity contribution is 0.569. The Hall–Kier alpha value is -2.27. The van der Waals surface area contributed by atoms with E-state index in [1.54, 1.807) is 18.0 Å². The first kappa shape index (κ1) is 14.7. The molecule has 4 nitrogen and oxygen atoms in total. The number of aryl methyl sites for hydroxylation is 1. The fraction of sp³-hybridized carbons (Fsp3) is 0.176. The van der Waals surface area contributed by atoms with Gasteiger partial charge in [0, 0.05) is 12.3 Å². The third-order valence-corrected chi connectivity index (χ3v) is 4.40. The Balaban J connectivity index is 1.85. The minimum atomic E-state index is 0.652. The Bertz CT molecular complexity index is 762. The first-order chi connectivity index (χ1) is 10.8. The highest BCUT2D eigenvalue weighted by molar-refractivity contribution is 7.98. The zero-order valence-corrected chi connectivity index (χ0v) is 13.2. The van der Waals surface area contributed by atoms with Crippen LogP contribution in [0.1, 0.15) is 11.1 Å². The fourth-order valence-electron chi connectivity index (χ4n) is 2.19. The molecular formula is C17H17N3OS. The minimum Gasteiger partial charge on any atom is -0.461 e. The molecule has 0 aliphatic carbocycles. The lowest BCUT2D eigenvalue weighted by Gasteiger charge is -2.07. The predicted molar refractivity (Wildman–Crippen MR) is 88.7 cm³/mol. The third-order valence-electron chi connectivity index (χ3n) is 3.39. The van der Waals surface area contributed by atoms with E-state index in [0.717, 1.165) is 22.5 Å². The van der Waals surface area contributed by atoms with Gasteiger partial charge in [-0.3, -0.25) is 4.57 Å². The Kier molecular flexibility index (Phi) is 4.44. The monoisotopic (exact) mass is 311 g/mol. The third kappa shape index (κ3) is 2.99. The van der Waals surface area contributed by atoms with Crippen LogP contribution in [0.2, 0.25) is 0 Å². The van der Waals surface area contributed by atoms with Crippen molar-refractivity contribution in [1.29, 1.82) is 0 Å². The van der Waals surface area contributed by atoms with E-state index >= 15 is 0 Å². The molecule has 0 N–H and O–H groups in total. The van der Waals surface area contributed by atoms with Crippen molar-refractivity contribution in [2.45, 2.75) is 24.4 Å². The summed E-state index contributed by atoms with van der Waals surface area (Å²) in [4.78, 5) is 0. The van der Waals surface area contributed by atoms with Crippen LogP contribution in [0.25, 0.3) is 11.6 Å². The summed E-state index contributed by atoms with van der Waals surface area (Å²) >= 11 is 1.67. The van der Waals surface area contributed by atoms with Crippen LogP contribution in [-0.4, -0.2) is 14.8 Å². The number of hydrogen-bond acceptors (Lipinski definition) is 4. The molecule has 0 saturated carbocycles. The quantitative estimate of drug-likeness (QED) is 0.502. The van der Waals surface area contributed by atoms with E-state index in [-0.39, 0.29) is 0 Å². The highest BCUT2D eigenvalue weighted by atomic mass is 32.2. The summed E-state index contributed by atoms with van der Waals surface area (Å²) in [6.45, 7) is 6.59. The van der Waals surface area contributed by atoms with Gasteiger partial charge in [0.1, 0.15) is 0 Å². The van der Waals surface area contributed by atoms with Gasteiger partial charge in [0.15, 0.2) is 10.9 Å². The molecule has 0 fully saturated rings. The van der Waals surface area contributed by atoms with Crippen LogP contribution in [0.4, 0.5) is 0 Å². The molecule has 2 heterocycles. The Labute approximate surface area is 133 Å². The molecule has 3 rings (SSSR count). The maximum atomic E-state index is 5.43. The van der Waals surface area contributed by atoms with Gasteiger partial charge in [-0.2, -0.15) is 0 Å². The number of allylic oxidation sites excluding steroid dienone is 1. The molecule has 0 radical (unpaired) electrons. The van der Waals surface area contributed by atoms with Crippen molar-refractivity contribution in [2.75, 3.05) is 0 Å². The molecule has 0 unspecified atom stereocenters. The highest BCUT2D eigenvalue weighted by Crippen LogP contribution is 2.27. The summed E-state index contributed by atoms with van der Waals surface area (Å²) in [5.41, 5.74) is 2.59. The van der Waals surface area contributed by atoms with Crippen molar-refractivity contribution in [3.8, 4) is 11.6 Å². The summed E-state index contributed by atoms with van der Waals surface area (Å²) in [5, 5.41) is 9.44. The zero-order valence-electron chi connectivity index (χ0n) is 12.4. The summed E-state index contributed by atoms with van der Waals surface area (Å²) in [5.74, 6) is 2.31. The lowest BCUT2D eigenvalue weighted by atomic mass is 10.1. The van der Waals surface area contributed by atoms with Crippen LogP contribution in [0.5, 0.6) is 0 Å². The molecule has 0 spiro atoms. The predicted octanol–water partition coefficient (Wildman–Crippen LogP) is 4.32. The van der Waals surface area contributed by atoms with Gasteiger partial charge in [0.05, 0.1) is 6.26 Å². The molecule has 1 aromatic carbocycles. The van der Waals surface area contributed by atoms with Crippen LogP contribution >= 0.6 is 11.8 Å². The smallest absolute Gasteiger partial charge is 0.200 e. The molecule has 0 aliphatic heterocycles. The van der Waals surface area contributed by atoms with Crippen molar-refractivity contribution < 1.29 is 4.42 Å². The van der Waals surface area contributed by atoms with Crippen LogP contribution in [-0.2, 0) is 12.3 Å². The second kappa shape index (κ2) is 6.66. The van der Waals surface area contributed by atoms with Gasteiger partial charge in [0.2, 0.25) is 5.82 Å². The highest BCUT2D eigenvalue weighted by Gasteiger charge is 2.15. The molecule has 0 bridgehead atoms. The van der Waals surface area contributed by atoms with Gasteiger partial charge < -0.3 is 4.42 Å². The first-order valence-electron chi connectivity index (χ1n) is 7.05. The summed E-state index contributed by atoms with van der Waals surface area (Å²) in [6, 6.07) is 12.1. The summed E-state index contributed by atoms with van der Waals surface area (Å²) in [6.07, 6.45) is 3.48. The van der Waals surface area contributed by atoms with Crippen molar-refractivity contribution >= 4 is 11.8 Å². The van der Waals surface area contributed by atoms with E-state index in [4.69, 9.17) is 4.42 Å². The minimum absolute atomic E-state index is 0.652. The standard InChI is InChI=1S/C17H17N3OS/c1-3-10-20-16(15-9-6-11-21-15)18-19-17(20)22-12-14-8-5-4-7-13(14)2/h3-9,11H,1,10,12H2,2H3. The Morgan fingerprint density at radius 2 is 2.09 bits per heavy atom. The largest absolute Gasteiger partial charge is 0.461 e. The maximum Gasteiger partial charge on any atom is 0.200 e. The number of rotatable bonds is 6. The second-order valence-electron chi connectivity index (χ2n) is 4.90. The molecule has 2 aromatic heterocycles. The zero-order chi connectivity index (χ0) is 15.4. The maximum absolute atomic E-state index is 5.43. The normalized spacial score (nSPS) is 10.8. The number of aromatic nitrogens is 3. The summed E-state index contributed by atoms with van der Waals surface area (Å²) in [7, 11) is 0. The molecule has 3 aromatic rings. The van der Waals surface area contributed by atoms with Crippen LogP contribution in [0, 0.1) is 6.92 Å². The lowest BCUT2D eigenvalue weighted by Crippen LogP contribution is -2.00.